The van der Waals surface area contributed by atoms with Gasteiger partial charge in [-0.25, -0.2) is 8.78 Å². The first-order chi connectivity index (χ1) is 8.42. The van der Waals surface area contributed by atoms with E-state index >= 15 is 0 Å². The summed E-state index contributed by atoms with van der Waals surface area (Å²) < 4.78 is 53.8. The van der Waals surface area contributed by atoms with Gasteiger partial charge >= 0.3 is 12.3 Å². The van der Waals surface area contributed by atoms with Gasteiger partial charge in [0, 0.05) is 0 Å². The van der Waals surface area contributed by atoms with Gasteiger partial charge in [0.25, 0.3) is 0 Å². The van der Waals surface area contributed by atoms with E-state index in [1.807, 2.05) is 0 Å². The van der Waals surface area contributed by atoms with E-state index < -0.39 is 24.8 Å². The van der Waals surface area contributed by atoms with Crippen LogP contribution in [0.2, 0.25) is 0 Å². The van der Waals surface area contributed by atoms with E-state index in [1.54, 1.807) is 5.32 Å². The molecule has 0 saturated carbocycles. The van der Waals surface area contributed by atoms with Gasteiger partial charge in [0.05, 0.1) is 12.6 Å². The van der Waals surface area contributed by atoms with Crippen molar-refractivity contribution in [3.05, 3.63) is 0 Å². The van der Waals surface area contributed by atoms with E-state index in [4.69, 9.17) is 4.74 Å². The first-order valence-electron chi connectivity index (χ1n) is 5.67. The molecule has 1 fully saturated rings. The summed E-state index contributed by atoms with van der Waals surface area (Å²) in [5, 5.41) is 4.83. The summed E-state index contributed by atoms with van der Waals surface area (Å²) in [6.07, 6.45) is -2.41. The Bertz CT molecular complexity index is 271. The second kappa shape index (κ2) is 6.89. The van der Waals surface area contributed by atoms with Crippen molar-refractivity contribution in [2.24, 2.45) is 0 Å². The number of amides is 1. The number of alkyl halides is 4. The molecule has 0 unspecified atom stereocenters. The molecule has 0 radical (unpaired) electrons. The van der Waals surface area contributed by atoms with Crippen LogP contribution in [-0.2, 0) is 9.53 Å². The Morgan fingerprint density at radius 1 is 1.39 bits per heavy atom. The molecule has 8 heteroatoms. The fourth-order valence-corrected chi connectivity index (χ4v) is 1.50. The van der Waals surface area contributed by atoms with Crippen LogP contribution >= 0.6 is 0 Å². The normalized spacial score (nSPS) is 18.1. The SMILES string of the molecule is O=C(COC1CCNCC1)NCC(F)(F)C(F)F. The third-order valence-electron chi connectivity index (χ3n) is 2.58. The monoisotopic (exact) mass is 272 g/mol. The number of hydrogen-bond acceptors (Lipinski definition) is 3. The fraction of sp³-hybridized carbons (Fsp3) is 0.900. The maximum atomic E-state index is 12.5. The van der Waals surface area contributed by atoms with Gasteiger partial charge < -0.3 is 15.4 Å². The number of carbonyl (C=O) groups is 1. The van der Waals surface area contributed by atoms with Crippen LogP contribution in [0.5, 0.6) is 0 Å². The predicted molar refractivity (Wildman–Crippen MR) is 55.8 cm³/mol. The summed E-state index contributed by atoms with van der Waals surface area (Å²) in [7, 11) is 0. The van der Waals surface area contributed by atoms with Gasteiger partial charge in [-0.05, 0) is 25.9 Å². The van der Waals surface area contributed by atoms with Crippen molar-refractivity contribution in [1.29, 1.82) is 0 Å². The van der Waals surface area contributed by atoms with E-state index in [2.05, 4.69) is 5.32 Å². The second-order valence-electron chi connectivity index (χ2n) is 4.10. The maximum Gasteiger partial charge on any atom is 0.324 e. The highest BCUT2D eigenvalue weighted by Gasteiger charge is 2.40. The fourth-order valence-electron chi connectivity index (χ4n) is 1.50. The smallest absolute Gasteiger partial charge is 0.324 e. The van der Waals surface area contributed by atoms with Crippen LogP contribution in [0.1, 0.15) is 12.8 Å². The lowest BCUT2D eigenvalue weighted by Gasteiger charge is -2.23. The van der Waals surface area contributed by atoms with Gasteiger partial charge in [-0.3, -0.25) is 4.79 Å². The summed E-state index contributed by atoms with van der Waals surface area (Å²) in [4.78, 5) is 11.1. The van der Waals surface area contributed by atoms with E-state index in [0.717, 1.165) is 25.9 Å². The molecule has 1 heterocycles. The lowest BCUT2D eigenvalue weighted by atomic mass is 10.1. The number of halogens is 4. The second-order valence-corrected chi connectivity index (χ2v) is 4.10. The minimum atomic E-state index is -4.20. The molecule has 0 atom stereocenters. The average Bonchev–Trinajstić information content (AvgIpc) is 2.35. The molecule has 0 bridgehead atoms. The Hall–Kier alpha value is -0.890. The molecule has 1 rings (SSSR count). The third kappa shape index (κ3) is 5.18. The molecule has 1 aliphatic rings. The highest BCUT2D eigenvalue weighted by molar-refractivity contribution is 5.77. The molecule has 1 amide bonds. The molecule has 4 nitrogen and oxygen atoms in total. The number of piperidine rings is 1. The molecule has 106 valence electrons. The number of rotatable bonds is 6. The van der Waals surface area contributed by atoms with Crippen molar-refractivity contribution in [1.82, 2.24) is 10.6 Å². The van der Waals surface area contributed by atoms with Crippen LogP contribution in [0.25, 0.3) is 0 Å². The Kier molecular flexibility index (Phi) is 5.80. The average molecular weight is 272 g/mol. The zero-order chi connectivity index (χ0) is 13.6. The van der Waals surface area contributed by atoms with Gasteiger partial charge in [0.1, 0.15) is 6.61 Å². The van der Waals surface area contributed by atoms with E-state index in [-0.39, 0.29) is 12.7 Å². The molecule has 1 aliphatic heterocycles. The molecule has 2 N–H and O–H groups in total. The van der Waals surface area contributed by atoms with Gasteiger partial charge in [0.2, 0.25) is 5.91 Å². The molecule has 0 aromatic carbocycles. The molecule has 18 heavy (non-hydrogen) atoms. The van der Waals surface area contributed by atoms with E-state index in [1.165, 1.54) is 0 Å². The van der Waals surface area contributed by atoms with Gasteiger partial charge in [-0.15, -0.1) is 0 Å². The predicted octanol–water partition coefficient (Wildman–Crippen LogP) is 0.772. The molecular weight excluding hydrogens is 256 g/mol. The van der Waals surface area contributed by atoms with E-state index in [9.17, 15) is 22.4 Å². The van der Waals surface area contributed by atoms with E-state index in [0.29, 0.717) is 0 Å². The summed E-state index contributed by atoms with van der Waals surface area (Å²) in [6, 6.07) is 0. The third-order valence-corrected chi connectivity index (χ3v) is 2.58. The topological polar surface area (TPSA) is 50.4 Å². The number of ether oxygens (including phenoxy) is 1. The first kappa shape index (κ1) is 15.2. The largest absolute Gasteiger partial charge is 0.368 e. The maximum absolute atomic E-state index is 12.5. The Morgan fingerprint density at radius 3 is 2.56 bits per heavy atom. The lowest BCUT2D eigenvalue weighted by molar-refractivity contribution is -0.140. The quantitative estimate of drug-likeness (QED) is 0.702. The van der Waals surface area contributed by atoms with Crippen molar-refractivity contribution in [3.63, 3.8) is 0 Å². The molecule has 0 aliphatic carbocycles. The van der Waals surface area contributed by atoms with Crippen molar-refractivity contribution in [3.8, 4) is 0 Å². The number of nitrogens with one attached hydrogen (secondary N) is 2. The van der Waals surface area contributed by atoms with Crippen LogP contribution in [0.3, 0.4) is 0 Å². The summed E-state index contributed by atoms with van der Waals surface area (Å²) in [5.41, 5.74) is 0. The highest BCUT2D eigenvalue weighted by atomic mass is 19.3. The van der Waals surface area contributed by atoms with Crippen molar-refractivity contribution in [2.75, 3.05) is 26.2 Å². The van der Waals surface area contributed by atoms with Crippen LogP contribution < -0.4 is 10.6 Å². The molecule has 1 saturated heterocycles. The lowest BCUT2D eigenvalue weighted by Crippen LogP contribution is -2.43. The Balaban J connectivity index is 2.17. The number of carbonyl (C=O) groups excluding carboxylic acids is 1. The zero-order valence-electron chi connectivity index (χ0n) is 9.73. The Morgan fingerprint density at radius 2 is 2.00 bits per heavy atom. The zero-order valence-corrected chi connectivity index (χ0v) is 9.73. The van der Waals surface area contributed by atoms with Gasteiger partial charge in [-0.2, -0.15) is 8.78 Å². The van der Waals surface area contributed by atoms with Crippen LogP contribution in [-0.4, -0.2) is 50.6 Å². The molecular formula is C10H16F4N2O2. The molecule has 0 aromatic heterocycles. The standard InChI is InChI=1S/C10H16F4N2O2/c11-9(12)10(13,14)6-16-8(17)5-18-7-1-3-15-4-2-7/h7,9,15H,1-6H2,(H,16,17). The van der Waals surface area contributed by atoms with Crippen molar-refractivity contribution in [2.45, 2.75) is 31.3 Å². The van der Waals surface area contributed by atoms with Crippen LogP contribution in [0.4, 0.5) is 17.6 Å². The minimum absolute atomic E-state index is 0.0902. The van der Waals surface area contributed by atoms with Crippen molar-refractivity contribution >= 4 is 5.91 Å². The first-order valence-corrected chi connectivity index (χ1v) is 5.67. The van der Waals surface area contributed by atoms with Crippen molar-refractivity contribution < 1.29 is 27.1 Å². The van der Waals surface area contributed by atoms with Crippen LogP contribution in [0, 0.1) is 0 Å². The molecule has 0 aromatic rings. The minimum Gasteiger partial charge on any atom is -0.368 e. The Labute approximate surface area is 102 Å². The summed E-state index contributed by atoms with van der Waals surface area (Å²) in [5.74, 6) is -5.02. The van der Waals surface area contributed by atoms with Gasteiger partial charge in [0.15, 0.2) is 0 Å². The summed E-state index contributed by atoms with van der Waals surface area (Å²) in [6.45, 7) is -0.214. The molecule has 0 spiro atoms. The summed E-state index contributed by atoms with van der Waals surface area (Å²) >= 11 is 0. The van der Waals surface area contributed by atoms with Gasteiger partial charge in [-0.1, -0.05) is 0 Å². The number of hydrogen-bond donors (Lipinski definition) is 2. The van der Waals surface area contributed by atoms with Crippen LogP contribution in [0.15, 0.2) is 0 Å². The highest BCUT2D eigenvalue weighted by Crippen LogP contribution is 2.21.